The van der Waals surface area contributed by atoms with Crippen molar-refractivity contribution in [2.24, 2.45) is 0 Å². The maximum Gasteiger partial charge on any atom is 0.339 e. The smallest absolute Gasteiger partial charge is 0.339 e. The van der Waals surface area contributed by atoms with Gasteiger partial charge in [-0.05, 0) is 15.9 Å². The number of methoxy groups -OCH3 is 1. The zero-order chi connectivity index (χ0) is 12.6. The molecule has 0 bridgehead atoms. The molecule has 0 aromatic heterocycles. The minimum Gasteiger partial charge on any atom is -0.467 e. The molecule has 7 heteroatoms. The molecule has 1 atom stereocenters. The van der Waals surface area contributed by atoms with E-state index in [2.05, 4.69) is 20.7 Å². The molecule has 0 saturated heterocycles. The van der Waals surface area contributed by atoms with Gasteiger partial charge in [-0.3, -0.25) is 0 Å². The molecule has 1 aliphatic heterocycles. The fourth-order valence-electron chi connectivity index (χ4n) is 1.49. The molecule has 1 heterocycles. The minimum atomic E-state index is -1.76. The van der Waals surface area contributed by atoms with Gasteiger partial charge in [0.1, 0.15) is 5.82 Å². The van der Waals surface area contributed by atoms with Gasteiger partial charge in [-0.2, -0.15) is 0 Å². The number of carbonyl (C=O) groups is 1. The largest absolute Gasteiger partial charge is 0.467 e. The van der Waals surface area contributed by atoms with Crippen LogP contribution in [0, 0.1) is 5.82 Å². The lowest BCUT2D eigenvalue weighted by Crippen LogP contribution is -2.16. The van der Waals surface area contributed by atoms with Crippen molar-refractivity contribution in [3.8, 4) is 11.5 Å². The number of aliphatic hydroxyl groups excluding tert-OH is 1. The van der Waals surface area contributed by atoms with E-state index in [1.54, 1.807) is 0 Å². The van der Waals surface area contributed by atoms with Crippen LogP contribution in [0.5, 0.6) is 11.5 Å². The second-order valence-electron chi connectivity index (χ2n) is 3.25. The van der Waals surface area contributed by atoms with Gasteiger partial charge in [-0.1, -0.05) is 0 Å². The fourth-order valence-corrected chi connectivity index (χ4v) is 1.91. The second kappa shape index (κ2) is 4.50. The number of ether oxygens (including phenoxy) is 3. The molecule has 1 N–H and O–H groups in total. The van der Waals surface area contributed by atoms with Crippen molar-refractivity contribution >= 4 is 21.9 Å². The third-order valence-electron chi connectivity index (χ3n) is 2.29. The van der Waals surface area contributed by atoms with E-state index in [0.29, 0.717) is 0 Å². The van der Waals surface area contributed by atoms with E-state index in [9.17, 15) is 14.3 Å². The number of carbonyl (C=O) groups excluding carboxylic acids is 1. The van der Waals surface area contributed by atoms with Crippen LogP contribution in [0.2, 0.25) is 0 Å². The molecule has 0 amide bonds. The summed E-state index contributed by atoms with van der Waals surface area (Å²) < 4.78 is 28.4. The van der Waals surface area contributed by atoms with E-state index < -0.39 is 17.9 Å². The first-order valence-corrected chi connectivity index (χ1v) is 5.39. The van der Waals surface area contributed by atoms with Crippen LogP contribution in [0.4, 0.5) is 4.39 Å². The lowest BCUT2D eigenvalue weighted by molar-refractivity contribution is -0.151. The highest BCUT2D eigenvalue weighted by atomic mass is 79.9. The highest BCUT2D eigenvalue weighted by Gasteiger charge is 2.32. The van der Waals surface area contributed by atoms with Gasteiger partial charge >= 0.3 is 5.97 Å². The predicted molar refractivity (Wildman–Crippen MR) is 57.2 cm³/mol. The van der Waals surface area contributed by atoms with Crippen LogP contribution < -0.4 is 9.47 Å². The number of hydrogen-bond donors (Lipinski definition) is 1. The molecule has 1 unspecified atom stereocenters. The Hall–Kier alpha value is -1.34. The zero-order valence-electron chi connectivity index (χ0n) is 8.70. The number of hydrogen-bond acceptors (Lipinski definition) is 5. The summed E-state index contributed by atoms with van der Waals surface area (Å²) in [4.78, 5) is 11.2. The fraction of sp³-hybridized carbons (Fsp3) is 0.300. The SMILES string of the molecule is COC(=O)C(O)c1c(F)c(Br)cc2c1OCO2. The lowest BCUT2D eigenvalue weighted by atomic mass is 10.1. The van der Waals surface area contributed by atoms with Crippen LogP contribution >= 0.6 is 15.9 Å². The average Bonchev–Trinajstić information content (AvgIpc) is 2.76. The van der Waals surface area contributed by atoms with Gasteiger partial charge in [0.25, 0.3) is 0 Å². The summed E-state index contributed by atoms with van der Waals surface area (Å²) in [5, 5.41) is 9.69. The van der Waals surface area contributed by atoms with E-state index in [0.717, 1.165) is 7.11 Å². The Labute approximate surface area is 104 Å². The summed E-state index contributed by atoms with van der Waals surface area (Å²) in [6, 6.07) is 1.37. The van der Waals surface area contributed by atoms with Crippen LogP contribution in [0.25, 0.3) is 0 Å². The lowest BCUT2D eigenvalue weighted by Gasteiger charge is -2.13. The van der Waals surface area contributed by atoms with Gasteiger partial charge in [-0.25, -0.2) is 9.18 Å². The Morgan fingerprint density at radius 3 is 3.00 bits per heavy atom. The zero-order valence-corrected chi connectivity index (χ0v) is 10.3. The summed E-state index contributed by atoms with van der Waals surface area (Å²) in [7, 11) is 1.10. The molecule has 2 rings (SSSR count). The van der Waals surface area contributed by atoms with E-state index >= 15 is 0 Å². The van der Waals surface area contributed by atoms with Crippen LogP contribution in [0.3, 0.4) is 0 Å². The van der Waals surface area contributed by atoms with E-state index in [1.165, 1.54) is 6.07 Å². The first-order valence-electron chi connectivity index (χ1n) is 4.59. The van der Waals surface area contributed by atoms with E-state index in [4.69, 9.17) is 9.47 Å². The Kier molecular flexibility index (Phi) is 3.21. The molecule has 1 aromatic rings. The van der Waals surface area contributed by atoms with E-state index in [-0.39, 0.29) is 28.3 Å². The Bertz CT molecular complexity index is 476. The number of benzene rings is 1. The van der Waals surface area contributed by atoms with Crippen molar-refractivity contribution in [3.05, 3.63) is 21.9 Å². The van der Waals surface area contributed by atoms with Crippen LogP contribution in [-0.2, 0) is 9.53 Å². The second-order valence-corrected chi connectivity index (χ2v) is 4.10. The number of fused-ring (bicyclic) bond motifs is 1. The first-order chi connectivity index (χ1) is 8.06. The van der Waals surface area contributed by atoms with E-state index in [1.807, 2.05) is 0 Å². The molecule has 0 fully saturated rings. The molecule has 0 aliphatic carbocycles. The number of esters is 1. The molecule has 1 aromatic carbocycles. The Morgan fingerprint density at radius 1 is 1.65 bits per heavy atom. The monoisotopic (exact) mass is 306 g/mol. The summed E-state index contributed by atoms with van der Waals surface area (Å²) >= 11 is 2.97. The Balaban J connectivity index is 2.56. The van der Waals surface area contributed by atoms with Crippen molar-refractivity contribution in [1.82, 2.24) is 0 Å². The molecule has 0 spiro atoms. The number of aliphatic hydroxyl groups is 1. The first kappa shape index (κ1) is 12.1. The number of rotatable bonds is 2. The summed E-state index contributed by atoms with van der Waals surface area (Å²) in [5.41, 5.74) is -0.293. The molecule has 0 radical (unpaired) electrons. The average molecular weight is 307 g/mol. The third-order valence-corrected chi connectivity index (χ3v) is 2.86. The van der Waals surface area contributed by atoms with Gasteiger partial charge in [0, 0.05) is 6.07 Å². The van der Waals surface area contributed by atoms with Crippen molar-refractivity contribution < 1.29 is 28.5 Å². The van der Waals surface area contributed by atoms with Crippen molar-refractivity contribution in [3.63, 3.8) is 0 Å². The van der Waals surface area contributed by atoms with Crippen LogP contribution in [-0.4, -0.2) is 25.0 Å². The van der Waals surface area contributed by atoms with Crippen LogP contribution in [0.1, 0.15) is 11.7 Å². The molecular formula is C10H8BrFO5. The normalized spacial score (nSPS) is 14.6. The molecular weight excluding hydrogens is 299 g/mol. The highest BCUT2D eigenvalue weighted by Crippen LogP contribution is 2.43. The quantitative estimate of drug-likeness (QED) is 0.839. The van der Waals surface area contributed by atoms with Crippen molar-refractivity contribution in [1.29, 1.82) is 0 Å². The van der Waals surface area contributed by atoms with Gasteiger partial charge in [0.05, 0.1) is 17.1 Å². The van der Waals surface area contributed by atoms with Crippen molar-refractivity contribution in [2.75, 3.05) is 13.9 Å². The molecule has 17 heavy (non-hydrogen) atoms. The van der Waals surface area contributed by atoms with Gasteiger partial charge in [-0.15, -0.1) is 0 Å². The highest BCUT2D eigenvalue weighted by molar-refractivity contribution is 9.10. The standard InChI is InChI=1S/C10H8BrFO5/c1-15-10(14)8(13)6-7(12)4(11)2-5-9(6)17-3-16-5/h2,8,13H,3H2,1H3. The minimum absolute atomic E-state index is 0.0172. The maximum atomic E-state index is 13.9. The molecule has 1 aliphatic rings. The topological polar surface area (TPSA) is 65.0 Å². The summed E-state index contributed by atoms with van der Waals surface area (Å²) in [6.45, 7) is -0.0912. The molecule has 92 valence electrons. The molecule has 5 nitrogen and oxygen atoms in total. The van der Waals surface area contributed by atoms with Gasteiger partial charge in [0.2, 0.25) is 6.79 Å². The van der Waals surface area contributed by atoms with Crippen LogP contribution in [0.15, 0.2) is 10.5 Å². The van der Waals surface area contributed by atoms with Gasteiger partial charge < -0.3 is 19.3 Å². The molecule has 0 saturated carbocycles. The summed E-state index contributed by atoms with van der Waals surface area (Å²) in [6.07, 6.45) is -1.76. The Morgan fingerprint density at radius 2 is 2.35 bits per heavy atom. The van der Waals surface area contributed by atoms with Crippen molar-refractivity contribution in [2.45, 2.75) is 6.10 Å². The summed E-state index contributed by atoms with van der Waals surface area (Å²) in [5.74, 6) is -1.48. The predicted octanol–water partition coefficient (Wildman–Crippen LogP) is 1.52. The third kappa shape index (κ3) is 1.96. The van der Waals surface area contributed by atoms with Gasteiger partial charge in [0.15, 0.2) is 17.6 Å². The number of halogens is 2. The maximum absolute atomic E-state index is 13.9.